The van der Waals surface area contributed by atoms with E-state index < -0.39 is 11.9 Å². The highest BCUT2D eigenvalue weighted by Crippen LogP contribution is 2.24. The van der Waals surface area contributed by atoms with Crippen LogP contribution in [0.1, 0.15) is 77.6 Å². The van der Waals surface area contributed by atoms with Crippen LogP contribution in [-0.2, 0) is 9.59 Å². The number of unbranched alkanes of at least 4 members (excludes halogenated alkanes) is 4. The lowest BCUT2D eigenvalue weighted by atomic mass is 9.94. The monoisotopic (exact) mass is 283 g/mol. The summed E-state index contributed by atoms with van der Waals surface area (Å²) >= 11 is 0. The largest absolute Gasteiger partial charge is 0.481 e. The first-order valence-corrected chi connectivity index (χ1v) is 8.17. The fourth-order valence-electron chi connectivity index (χ4n) is 2.94. The second-order valence-corrected chi connectivity index (χ2v) is 5.92. The second kappa shape index (κ2) is 9.78. The van der Waals surface area contributed by atoms with E-state index in [2.05, 4.69) is 12.2 Å². The molecule has 4 heteroatoms. The summed E-state index contributed by atoms with van der Waals surface area (Å²) in [6.07, 6.45) is 10.7. The molecule has 0 aromatic heterocycles. The van der Waals surface area contributed by atoms with Gasteiger partial charge in [-0.1, -0.05) is 51.9 Å². The van der Waals surface area contributed by atoms with Crippen molar-refractivity contribution < 1.29 is 14.7 Å². The van der Waals surface area contributed by atoms with Gasteiger partial charge in [0.15, 0.2) is 0 Å². The summed E-state index contributed by atoms with van der Waals surface area (Å²) in [5.41, 5.74) is 0. The lowest BCUT2D eigenvalue weighted by molar-refractivity contribution is -0.143. The highest BCUT2D eigenvalue weighted by molar-refractivity contribution is 5.78. The van der Waals surface area contributed by atoms with Crippen LogP contribution in [-0.4, -0.2) is 23.0 Å². The van der Waals surface area contributed by atoms with E-state index in [1.807, 2.05) is 0 Å². The van der Waals surface area contributed by atoms with Crippen LogP contribution in [0.2, 0.25) is 0 Å². The van der Waals surface area contributed by atoms with Gasteiger partial charge in [0.05, 0.1) is 5.92 Å². The Morgan fingerprint density at radius 1 is 1.05 bits per heavy atom. The zero-order valence-electron chi connectivity index (χ0n) is 12.7. The summed E-state index contributed by atoms with van der Waals surface area (Å²) in [6, 6.07) is -0.168. The van der Waals surface area contributed by atoms with E-state index in [0.717, 1.165) is 38.5 Å². The maximum absolute atomic E-state index is 11.9. The number of carbonyl (C=O) groups excluding carboxylic acids is 1. The molecule has 0 aromatic rings. The molecule has 2 unspecified atom stereocenters. The van der Waals surface area contributed by atoms with Crippen molar-refractivity contribution in [2.24, 2.45) is 5.92 Å². The van der Waals surface area contributed by atoms with Gasteiger partial charge in [0.1, 0.15) is 0 Å². The van der Waals surface area contributed by atoms with Crippen molar-refractivity contribution in [2.45, 2.75) is 83.6 Å². The Bertz CT molecular complexity index is 304. The zero-order valence-corrected chi connectivity index (χ0v) is 12.7. The Hall–Kier alpha value is -1.06. The number of hydrogen-bond donors (Lipinski definition) is 2. The molecule has 0 bridgehead atoms. The summed E-state index contributed by atoms with van der Waals surface area (Å²) in [5, 5.41) is 12.2. The van der Waals surface area contributed by atoms with E-state index in [1.165, 1.54) is 19.3 Å². The molecule has 2 atom stereocenters. The average molecular weight is 283 g/mol. The number of aliphatic carboxylic acids is 1. The molecule has 1 aliphatic rings. The van der Waals surface area contributed by atoms with Gasteiger partial charge >= 0.3 is 5.97 Å². The molecule has 20 heavy (non-hydrogen) atoms. The van der Waals surface area contributed by atoms with Gasteiger partial charge in [-0.15, -0.1) is 0 Å². The lowest BCUT2D eigenvalue weighted by Gasteiger charge is -2.22. The van der Waals surface area contributed by atoms with Crippen LogP contribution in [0.3, 0.4) is 0 Å². The second-order valence-electron chi connectivity index (χ2n) is 5.92. The molecule has 1 saturated carbocycles. The standard InChI is InChI=1S/C16H29NO3/c1-2-3-4-5-9-12-15(18)17-14-11-8-6-7-10-13(14)16(19)20/h13-14H,2-12H2,1H3,(H,17,18)(H,19,20). The van der Waals surface area contributed by atoms with E-state index in [-0.39, 0.29) is 11.9 Å². The third-order valence-corrected chi connectivity index (χ3v) is 4.19. The Labute approximate surface area is 122 Å². The Kier molecular flexibility index (Phi) is 8.31. The number of amides is 1. The van der Waals surface area contributed by atoms with Crippen LogP contribution < -0.4 is 5.32 Å². The zero-order chi connectivity index (χ0) is 14.8. The summed E-state index contributed by atoms with van der Waals surface area (Å²) < 4.78 is 0. The summed E-state index contributed by atoms with van der Waals surface area (Å²) in [4.78, 5) is 23.2. The fourth-order valence-corrected chi connectivity index (χ4v) is 2.94. The van der Waals surface area contributed by atoms with E-state index in [4.69, 9.17) is 0 Å². The van der Waals surface area contributed by atoms with Gasteiger partial charge in [-0.25, -0.2) is 0 Å². The molecule has 0 radical (unpaired) electrons. The summed E-state index contributed by atoms with van der Waals surface area (Å²) in [7, 11) is 0. The summed E-state index contributed by atoms with van der Waals surface area (Å²) in [5.74, 6) is -1.14. The third-order valence-electron chi connectivity index (χ3n) is 4.19. The molecule has 0 aliphatic heterocycles. The average Bonchev–Trinajstić information content (AvgIpc) is 2.64. The van der Waals surface area contributed by atoms with Crippen molar-refractivity contribution in [1.82, 2.24) is 5.32 Å². The summed E-state index contributed by atoms with van der Waals surface area (Å²) in [6.45, 7) is 2.17. The SMILES string of the molecule is CCCCCCCC(=O)NC1CCCCCC1C(=O)O. The molecule has 1 rings (SSSR count). The molecule has 1 amide bonds. The van der Waals surface area contributed by atoms with Crippen molar-refractivity contribution in [3.8, 4) is 0 Å². The molecule has 2 N–H and O–H groups in total. The minimum Gasteiger partial charge on any atom is -0.481 e. The number of carbonyl (C=O) groups is 2. The van der Waals surface area contributed by atoms with E-state index in [9.17, 15) is 14.7 Å². The first kappa shape index (κ1) is 17.0. The van der Waals surface area contributed by atoms with Crippen molar-refractivity contribution in [1.29, 1.82) is 0 Å². The molecule has 1 fully saturated rings. The van der Waals surface area contributed by atoms with Crippen LogP contribution in [0.15, 0.2) is 0 Å². The highest BCUT2D eigenvalue weighted by Gasteiger charge is 2.30. The normalized spacial score (nSPS) is 23.1. The molecule has 1 aliphatic carbocycles. The van der Waals surface area contributed by atoms with Gasteiger partial charge in [-0.2, -0.15) is 0 Å². The highest BCUT2D eigenvalue weighted by atomic mass is 16.4. The van der Waals surface area contributed by atoms with Crippen molar-refractivity contribution in [3.63, 3.8) is 0 Å². The number of rotatable bonds is 8. The fraction of sp³-hybridized carbons (Fsp3) is 0.875. The predicted molar refractivity (Wildman–Crippen MR) is 79.5 cm³/mol. The molecule has 0 heterocycles. The van der Waals surface area contributed by atoms with Gasteiger partial charge in [0.2, 0.25) is 5.91 Å². The lowest BCUT2D eigenvalue weighted by Crippen LogP contribution is -2.42. The number of carboxylic acids is 1. The van der Waals surface area contributed by atoms with E-state index >= 15 is 0 Å². The smallest absolute Gasteiger partial charge is 0.308 e. The first-order chi connectivity index (χ1) is 9.65. The number of carboxylic acid groups (broad SMARTS) is 1. The Balaban J connectivity index is 2.31. The van der Waals surface area contributed by atoms with Gasteiger partial charge in [-0.3, -0.25) is 9.59 Å². The van der Waals surface area contributed by atoms with Gasteiger partial charge in [0.25, 0.3) is 0 Å². The minimum atomic E-state index is -0.764. The van der Waals surface area contributed by atoms with E-state index in [0.29, 0.717) is 12.8 Å². The minimum absolute atomic E-state index is 0.0275. The van der Waals surface area contributed by atoms with Crippen molar-refractivity contribution in [2.75, 3.05) is 0 Å². The van der Waals surface area contributed by atoms with Crippen molar-refractivity contribution in [3.05, 3.63) is 0 Å². The number of hydrogen-bond acceptors (Lipinski definition) is 2. The third kappa shape index (κ3) is 6.40. The molecule has 0 saturated heterocycles. The van der Waals surface area contributed by atoms with Crippen molar-refractivity contribution >= 4 is 11.9 Å². The van der Waals surface area contributed by atoms with Gasteiger partial charge < -0.3 is 10.4 Å². The Morgan fingerprint density at radius 2 is 1.75 bits per heavy atom. The van der Waals surface area contributed by atoms with Crippen LogP contribution in [0.5, 0.6) is 0 Å². The van der Waals surface area contributed by atoms with Gasteiger partial charge in [0, 0.05) is 12.5 Å². The van der Waals surface area contributed by atoms with Crippen LogP contribution in [0.25, 0.3) is 0 Å². The maximum atomic E-state index is 11.9. The van der Waals surface area contributed by atoms with Crippen LogP contribution in [0, 0.1) is 5.92 Å². The molecule has 4 nitrogen and oxygen atoms in total. The maximum Gasteiger partial charge on any atom is 0.308 e. The topological polar surface area (TPSA) is 66.4 Å². The van der Waals surface area contributed by atoms with E-state index in [1.54, 1.807) is 0 Å². The Morgan fingerprint density at radius 3 is 2.45 bits per heavy atom. The van der Waals surface area contributed by atoms with Crippen LogP contribution in [0.4, 0.5) is 0 Å². The molecule has 0 aromatic carbocycles. The quantitative estimate of drug-likeness (QED) is 0.529. The molecular formula is C16H29NO3. The molecule has 116 valence electrons. The molecular weight excluding hydrogens is 254 g/mol. The first-order valence-electron chi connectivity index (χ1n) is 8.17. The number of nitrogens with one attached hydrogen (secondary N) is 1. The van der Waals surface area contributed by atoms with Gasteiger partial charge in [-0.05, 0) is 19.3 Å². The molecule has 0 spiro atoms. The van der Waals surface area contributed by atoms with Crippen LogP contribution >= 0.6 is 0 Å². The predicted octanol–water partition coefficient (Wildman–Crippen LogP) is 3.50.